The molecule has 2 saturated heterocycles. The molecule has 2 amide bonds. The van der Waals surface area contributed by atoms with Gasteiger partial charge in [0.1, 0.15) is 6.26 Å². The summed E-state index contributed by atoms with van der Waals surface area (Å²) in [5, 5.41) is 0.794. The summed E-state index contributed by atoms with van der Waals surface area (Å²) in [5.74, 6) is 1.50. The Balaban J connectivity index is 1.33. The molecule has 0 saturated carbocycles. The quantitative estimate of drug-likeness (QED) is 0.570. The second kappa shape index (κ2) is 8.85. The molecule has 0 radical (unpaired) electrons. The Morgan fingerprint density at radius 1 is 1.17 bits per heavy atom. The molecule has 0 spiro atoms. The van der Waals surface area contributed by atoms with E-state index in [2.05, 4.69) is 0 Å². The van der Waals surface area contributed by atoms with E-state index < -0.39 is 0 Å². The largest absolute Gasteiger partial charge is 0.472 e. The highest BCUT2D eigenvalue weighted by atomic mass is 33.1. The predicted molar refractivity (Wildman–Crippen MR) is 98.1 cm³/mol. The maximum atomic E-state index is 12.3. The van der Waals surface area contributed by atoms with Crippen molar-refractivity contribution in [2.75, 3.05) is 31.9 Å². The van der Waals surface area contributed by atoms with E-state index in [-0.39, 0.29) is 11.8 Å². The lowest BCUT2D eigenvalue weighted by atomic mass is 10.1. The van der Waals surface area contributed by atoms with Crippen LogP contribution in [0.4, 0.5) is 0 Å². The molecule has 1 unspecified atom stereocenters. The van der Waals surface area contributed by atoms with Crippen molar-refractivity contribution in [1.29, 1.82) is 0 Å². The Morgan fingerprint density at radius 3 is 2.62 bits per heavy atom. The molecule has 2 fully saturated rings. The van der Waals surface area contributed by atoms with Crippen LogP contribution in [0.3, 0.4) is 0 Å². The molecule has 0 bridgehead atoms. The number of piperazine rings is 1. The third kappa shape index (κ3) is 4.72. The summed E-state index contributed by atoms with van der Waals surface area (Å²) in [5.41, 5.74) is 0.581. The lowest BCUT2D eigenvalue weighted by molar-refractivity contribution is -0.132. The number of carbonyl (C=O) groups excluding carboxylic acids is 2. The number of hydrogen-bond donors (Lipinski definition) is 0. The summed E-state index contributed by atoms with van der Waals surface area (Å²) in [6.45, 7) is 2.48. The first kappa shape index (κ1) is 17.7. The van der Waals surface area contributed by atoms with Crippen LogP contribution in [0.25, 0.3) is 0 Å². The molecule has 1 aromatic rings. The zero-order valence-electron chi connectivity index (χ0n) is 13.8. The normalized spacial score (nSPS) is 21.2. The van der Waals surface area contributed by atoms with Crippen molar-refractivity contribution >= 4 is 33.4 Å². The fourth-order valence-corrected chi connectivity index (χ4v) is 6.13. The van der Waals surface area contributed by atoms with E-state index in [4.69, 9.17) is 4.42 Å². The lowest BCUT2D eigenvalue weighted by Crippen LogP contribution is -2.50. The van der Waals surface area contributed by atoms with E-state index in [1.807, 2.05) is 26.5 Å². The number of unbranched alkanes of at least 4 members (excludes halogenated alkanes) is 1. The molecule has 132 valence electrons. The third-order valence-electron chi connectivity index (χ3n) is 4.58. The fraction of sp³-hybridized carbons (Fsp3) is 0.647. The van der Waals surface area contributed by atoms with Gasteiger partial charge in [-0.1, -0.05) is 28.0 Å². The van der Waals surface area contributed by atoms with Crippen LogP contribution in [0.1, 0.15) is 42.5 Å². The number of hydrogen-bond acceptors (Lipinski definition) is 5. The molecule has 0 N–H and O–H groups in total. The van der Waals surface area contributed by atoms with Gasteiger partial charge in [-0.05, 0) is 25.3 Å². The van der Waals surface area contributed by atoms with Crippen molar-refractivity contribution in [3.8, 4) is 0 Å². The molecule has 7 heteroatoms. The van der Waals surface area contributed by atoms with E-state index in [9.17, 15) is 9.59 Å². The molecule has 5 nitrogen and oxygen atoms in total. The number of furan rings is 1. The van der Waals surface area contributed by atoms with Crippen LogP contribution in [0, 0.1) is 0 Å². The molecule has 2 aliphatic rings. The Hall–Kier alpha value is -1.08. The lowest BCUT2D eigenvalue weighted by Gasteiger charge is -2.34. The van der Waals surface area contributed by atoms with E-state index in [1.165, 1.54) is 31.1 Å². The standard InChI is InChI=1S/C17H24N2O3S2/c20-16(4-2-1-3-15-6-12-23-24-15)18-7-9-19(10-8-18)17(21)14-5-11-22-13-14/h5,11,13,15H,1-4,6-10,12H2. The van der Waals surface area contributed by atoms with Gasteiger partial charge >= 0.3 is 0 Å². The highest BCUT2D eigenvalue weighted by molar-refractivity contribution is 8.77. The molecular formula is C17H24N2O3S2. The number of carbonyl (C=O) groups is 2. The molecule has 1 aromatic heterocycles. The molecule has 0 aromatic carbocycles. The zero-order chi connectivity index (χ0) is 16.8. The van der Waals surface area contributed by atoms with Crippen molar-refractivity contribution < 1.29 is 14.0 Å². The van der Waals surface area contributed by atoms with Crippen molar-refractivity contribution in [2.45, 2.75) is 37.4 Å². The molecule has 3 heterocycles. The van der Waals surface area contributed by atoms with Crippen molar-refractivity contribution in [3.05, 3.63) is 24.2 Å². The summed E-state index contributed by atoms with van der Waals surface area (Å²) < 4.78 is 4.96. The first-order valence-electron chi connectivity index (χ1n) is 8.61. The summed E-state index contributed by atoms with van der Waals surface area (Å²) in [4.78, 5) is 28.2. The fourth-order valence-electron chi connectivity index (χ4n) is 3.10. The summed E-state index contributed by atoms with van der Waals surface area (Å²) in [7, 11) is 3.98. The van der Waals surface area contributed by atoms with E-state index in [0.29, 0.717) is 38.2 Å². The first-order chi connectivity index (χ1) is 11.7. The second-order valence-corrected chi connectivity index (χ2v) is 9.05. The Morgan fingerprint density at radius 2 is 1.96 bits per heavy atom. The SMILES string of the molecule is O=C(CCCCC1CCSS1)N1CCN(C(=O)c2ccoc2)CC1. The van der Waals surface area contributed by atoms with Gasteiger partial charge in [-0.2, -0.15) is 0 Å². The molecular weight excluding hydrogens is 344 g/mol. The maximum absolute atomic E-state index is 12.3. The molecule has 0 aliphatic carbocycles. The van der Waals surface area contributed by atoms with Crippen LogP contribution in [0.5, 0.6) is 0 Å². The predicted octanol–water partition coefficient (Wildman–Crippen LogP) is 3.28. The molecule has 3 rings (SSSR count). The van der Waals surface area contributed by atoms with Gasteiger partial charge < -0.3 is 14.2 Å². The van der Waals surface area contributed by atoms with Crippen LogP contribution >= 0.6 is 21.6 Å². The van der Waals surface area contributed by atoms with E-state index in [1.54, 1.807) is 11.0 Å². The minimum Gasteiger partial charge on any atom is -0.472 e. The first-order valence-corrected chi connectivity index (χ1v) is 11.0. The topological polar surface area (TPSA) is 53.8 Å². The van der Waals surface area contributed by atoms with Gasteiger partial charge in [0, 0.05) is 43.6 Å². The summed E-state index contributed by atoms with van der Waals surface area (Å²) in [6.07, 6.45) is 8.29. The van der Waals surface area contributed by atoms with Gasteiger partial charge in [-0.15, -0.1) is 0 Å². The van der Waals surface area contributed by atoms with Crippen LogP contribution in [0.2, 0.25) is 0 Å². The monoisotopic (exact) mass is 368 g/mol. The summed E-state index contributed by atoms with van der Waals surface area (Å²) >= 11 is 0. The average Bonchev–Trinajstić information content (AvgIpc) is 3.31. The third-order valence-corrected chi connectivity index (χ3v) is 7.59. The van der Waals surface area contributed by atoms with Gasteiger partial charge in [-0.3, -0.25) is 9.59 Å². The Labute approximate surface area is 150 Å². The van der Waals surface area contributed by atoms with Gasteiger partial charge in [0.2, 0.25) is 5.91 Å². The van der Waals surface area contributed by atoms with Crippen LogP contribution in [-0.2, 0) is 4.79 Å². The van der Waals surface area contributed by atoms with Gasteiger partial charge in [0.05, 0.1) is 11.8 Å². The van der Waals surface area contributed by atoms with Crippen LogP contribution < -0.4 is 0 Å². The minimum atomic E-state index is -0.0113. The highest BCUT2D eigenvalue weighted by Crippen LogP contribution is 2.39. The Bertz CT molecular complexity index is 536. The minimum absolute atomic E-state index is 0.0113. The molecule has 2 aliphatic heterocycles. The highest BCUT2D eigenvalue weighted by Gasteiger charge is 2.25. The van der Waals surface area contributed by atoms with Gasteiger partial charge in [-0.25, -0.2) is 0 Å². The summed E-state index contributed by atoms with van der Waals surface area (Å²) in [6, 6.07) is 1.68. The second-order valence-electron chi connectivity index (χ2n) is 6.26. The van der Waals surface area contributed by atoms with Crippen molar-refractivity contribution in [1.82, 2.24) is 9.80 Å². The number of nitrogens with zero attached hydrogens (tertiary/aromatic N) is 2. The number of amides is 2. The zero-order valence-corrected chi connectivity index (χ0v) is 15.4. The smallest absolute Gasteiger partial charge is 0.257 e. The van der Waals surface area contributed by atoms with Crippen LogP contribution in [-0.4, -0.2) is 58.8 Å². The maximum Gasteiger partial charge on any atom is 0.257 e. The number of rotatable bonds is 6. The van der Waals surface area contributed by atoms with Crippen molar-refractivity contribution in [3.63, 3.8) is 0 Å². The van der Waals surface area contributed by atoms with Gasteiger partial charge in [0.15, 0.2) is 0 Å². The Kier molecular flexibility index (Phi) is 6.54. The van der Waals surface area contributed by atoms with E-state index in [0.717, 1.165) is 18.1 Å². The van der Waals surface area contributed by atoms with Crippen LogP contribution in [0.15, 0.2) is 23.0 Å². The van der Waals surface area contributed by atoms with Crippen molar-refractivity contribution in [2.24, 2.45) is 0 Å². The molecule has 24 heavy (non-hydrogen) atoms. The average molecular weight is 369 g/mol. The van der Waals surface area contributed by atoms with Gasteiger partial charge in [0.25, 0.3) is 5.91 Å². The van der Waals surface area contributed by atoms with E-state index >= 15 is 0 Å². The molecule has 1 atom stereocenters.